The molecule has 180 valence electrons. The predicted octanol–water partition coefficient (Wildman–Crippen LogP) is 4.81. The number of carbonyl (C=O) groups is 2. The molecule has 10 heteroatoms. The molecule has 0 saturated heterocycles. The first-order chi connectivity index (χ1) is 16.8. The smallest absolute Gasteiger partial charge is 0.296 e. The zero-order chi connectivity index (χ0) is 25.1. The van der Waals surface area contributed by atoms with Gasteiger partial charge in [0, 0.05) is 46.7 Å². The number of benzene rings is 2. The summed E-state index contributed by atoms with van der Waals surface area (Å²) in [5.41, 5.74) is 1.35. The van der Waals surface area contributed by atoms with Crippen molar-refractivity contribution in [2.45, 2.75) is 13.5 Å². The Labute approximate surface area is 198 Å². The summed E-state index contributed by atoms with van der Waals surface area (Å²) in [5.74, 6) is -2.78. The molecule has 0 atom stereocenters. The first kappa shape index (κ1) is 23.8. The lowest BCUT2D eigenvalue weighted by molar-refractivity contribution is -0.112. The maximum atomic E-state index is 14.4. The van der Waals surface area contributed by atoms with Gasteiger partial charge in [0.15, 0.2) is 0 Å². The van der Waals surface area contributed by atoms with Crippen LogP contribution in [-0.4, -0.2) is 35.2 Å². The highest BCUT2D eigenvalue weighted by atomic mass is 19.1. The summed E-state index contributed by atoms with van der Waals surface area (Å²) in [5, 5.41) is 2.91. The van der Waals surface area contributed by atoms with E-state index in [1.807, 2.05) is 0 Å². The molecule has 1 N–H and O–H groups in total. The van der Waals surface area contributed by atoms with Crippen LogP contribution in [0.15, 0.2) is 54.7 Å². The van der Waals surface area contributed by atoms with Crippen molar-refractivity contribution in [1.29, 1.82) is 0 Å². The number of fused-ring (bicyclic) bond motifs is 1. The van der Waals surface area contributed by atoms with E-state index in [2.05, 4.69) is 10.3 Å². The molecule has 2 aromatic heterocycles. The molecule has 0 spiro atoms. The molecule has 4 aromatic rings. The first-order valence-electron chi connectivity index (χ1n) is 10.4. The number of anilines is 1. The van der Waals surface area contributed by atoms with Crippen molar-refractivity contribution in [3.8, 4) is 11.6 Å². The standard InChI is InChI=1S/C25H20F3N3O4/c1-14-23(24(32)25(33)30-17-7-8-29-22(10-17)34-2)19-6-5-18(35-13-26)11-21(19)31(14)12-15-3-4-16(27)9-20(15)28/h3-11H,12-13H2,1-2H3,(H,29,30,33). The van der Waals surface area contributed by atoms with Crippen molar-refractivity contribution in [3.63, 3.8) is 0 Å². The fourth-order valence-corrected chi connectivity index (χ4v) is 3.82. The van der Waals surface area contributed by atoms with Gasteiger partial charge in [-0.15, -0.1) is 0 Å². The Morgan fingerprint density at radius 1 is 1.09 bits per heavy atom. The number of hydrogen-bond acceptors (Lipinski definition) is 5. The SMILES string of the molecule is COc1cc(NC(=O)C(=O)c2c(C)n(Cc3ccc(F)cc3F)c3cc(OCF)ccc23)ccn1. The molecule has 0 unspecified atom stereocenters. The van der Waals surface area contributed by atoms with Crippen LogP contribution in [0.25, 0.3) is 10.9 Å². The van der Waals surface area contributed by atoms with E-state index in [1.165, 1.54) is 49.7 Å². The largest absolute Gasteiger partial charge is 0.481 e. The number of Topliss-reactive ketones (excluding diaryl/α,β-unsaturated/α-hetero) is 1. The Morgan fingerprint density at radius 2 is 1.89 bits per heavy atom. The highest BCUT2D eigenvalue weighted by Crippen LogP contribution is 2.31. The Hall–Kier alpha value is -4.34. The van der Waals surface area contributed by atoms with Crippen LogP contribution < -0.4 is 14.8 Å². The van der Waals surface area contributed by atoms with Gasteiger partial charge < -0.3 is 19.4 Å². The summed E-state index contributed by atoms with van der Waals surface area (Å²) in [6.45, 7) is 0.471. The quantitative estimate of drug-likeness (QED) is 0.287. The van der Waals surface area contributed by atoms with Crippen LogP contribution in [0.2, 0.25) is 0 Å². The van der Waals surface area contributed by atoms with Crippen molar-refractivity contribution in [2.75, 3.05) is 19.3 Å². The van der Waals surface area contributed by atoms with Gasteiger partial charge >= 0.3 is 0 Å². The number of hydrogen-bond donors (Lipinski definition) is 1. The van der Waals surface area contributed by atoms with Crippen LogP contribution in [0.5, 0.6) is 11.6 Å². The van der Waals surface area contributed by atoms with E-state index >= 15 is 0 Å². The van der Waals surface area contributed by atoms with Crippen molar-refractivity contribution < 1.29 is 32.2 Å². The van der Waals surface area contributed by atoms with Gasteiger partial charge in [0.1, 0.15) is 17.4 Å². The van der Waals surface area contributed by atoms with Gasteiger partial charge in [0.2, 0.25) is 12.7 Å². The number of halogens is 3. The van der Waals surface area contributed by atoms with E-state index in [-0.39, 0.29) is 29.3 Å². The lowest BCUT2D eigenvalue weighted by atomic mass is 10.1. The summed E-state index contributed by atoms with van der Waals surface area (Å²) in [4.78, 5) is 30.0. The second-order valence-electron chi connectivity index (χ2n) is 7.58. The highest BCUT2D eigenvalue weighted by Gasteiger charge is 2.26. The van der Waals surface area contributed by atoms with Gasteiger partial charge in [-0.25, -0.2) is 18.2 Å². The van der Waals surface area contributed by atoms with Gasteiger partial charge in [-0.1, -0.05) is 6.07 Å². The lowest BCUT2D eigenvalue weighted by Crippen LogP contribution is -2.23. The number of nitrogens with zero attached hydrogens (tertiary/aromatic N) is 2. The Morgan fingerprint density at radius 3 is 2.60 bits per heavy atom. The third-order valence-electron chi connectivity index (χ3n) is 5.50. The molecule has 0 bridgehead atoms. The molecule has 0 fully saturated rings. The molecule has 7 nitrogen and oxygen atoms in total. The van der Waals surface area contributed by atoms with Crippen LogP contribution in [0, 0.1) is 18.6 Å². The van der Waals surface area contributed by atoms with Crippen molar-refractivity contribution in [1.82, 2.24) is 9.55 Å². The third-order valence-corrected chi connectivity index (χ3v) is 5.50. The number of methoxy groups -OCH3 is 1. The molecule has 0 aliphatic carbocycles. The third kappa shape index (κ3) is 4.81. The minimum Gasteiger partial charge on any atom is -0.481 e. The summed E-state index contributed by atoms with van der Waals surface area (Å²) >= 11 is 0. The number of aromatic nitrogens is 2. The van der Waals surface area contributed by atoms with Crippen LogP contribution in [0.3, 0.4) is 0 Å². The average molecular weight is 483 g/mol. The van der Waals surface area contributed by atoms with Gasteiger partial charge in [-0.05, 0) is 31.2 Å². The number of amides is 1. The molecule has 0 saturated carbocycles. The Bertz CT molecular complexity index is 1440. The van der Waals surface area contributed by atoms with E-state index in [9.17, 15) is 22.8 Å². The summed E-state index contributed by atoms with van der Waals surface area (Å²) in [7, 11) is 1.42. The van der Waals surface area contributed by atoms with E-state index in [4.69, 9.17) is 9.47 Å². The maximum absolute atomic E-state index is 14.4. The molecule has 0 aliphatic heterocycles. The summed E-state index contributed by atoms with van der Waals surface area (Å²) in [6, 6.07) is 10.6. The van der Waals surface area contributed by atoms with Crippen molar-refractivity contribution in [2.24, 2.45) is 0 Å². The number of ether oxygens (including phenoxy) is 2. The normalized spacial score (nSPS) is 10.9. The molecule has 2 heterocycles. The maximum Gasteiger partial charge on any atom is 0.296 e. The molecule has 4 rings (SSSR count). The minimum absolute atomic E-state index is 0.0655. The lowest BCUT2D eigenvalue weighted by Gasteiger charge is -2.11. The number of carbonyl (C=O) groups excluding carboxylic acids is 2. The second-order valence-corrected chi connectivity index (χ2v) is 7.58. The van der Waals surface area contributed by atoms with Crippen LogP contribution in [-0.2, 0) is 11.3 Å². The molecule has 1 amide bonds. The Balaban J connectivity index is 1.77. The fraction of sp³-hybridized carbons (Fsp3) is 0.160. The van der Waals surface area contributed by atoms with E-state index < -0.39 is 30.2 Å². The van der Waals surface area contributed by atoms with E-state index in [0.717, 1.165) is 12.1 Å². The van der Waals surface area contributed by atoms with E-state index in [1.54, 1.807) is 11.5 Å². The summed E-state index contributed by atoms with van der Waals surface area (Å²) in [6.07, 6.45) is 1.42. The van der Waals surface area contributed by atoms with Crippen molar-refractivity contribution in [3.05, 3.63) is 83.2 Å². The van der Waals surface area contributed by atoms with Gasteiger partial charge in [0.05, 0.1) is 24.7 Å². The number of ketones is 1. The first-order valence-corrected chi connectivity index (χ1v) is 10.4. The highest BCUT2D eigenvalue weighted by molar-refractivity contribution is 6.48. The van der Waals surface area contributed by atoms with E-state index in [0.29, 0.717) is 22.3 Å². The Kier molecular flexibility index (Phi) is 6.72. The molecular weight excluding hydrogens is 463 g/mol. The van der Waals surface area contributed by atoms with Crippen molar-refractivity contribution >= 4 is 28.3 Å². The van der Waals surface area contributed by atoms with Gasteiger partial charge in [0.25, 0.3) is 11.7 Å². The van der Waals surface area contributed by atoms with Crippen LogP contribution in [0.4, 0.5) is 18.9 Å². The minimum atomic E-state index is -1.07. The van der Waals surface area contributed by atoms with Gasteiger partial charge in [-0.2, -0.15) is 0 Å². The molecule has 2 aromatic carbocycles. The van der Waals surface area contributed by atoms with Crippen LogP contribution >= 0.6 is 0 Å². The van der Waals surface area contributed by atoms with Crippen LogP contribution in [0.1, 0.15) is 21.6 Å². The molecular formula is C25H20F3N3O4. The predicted molar refractivity (Wildman–Crippen MR) is 122 cm³/mol. The summed E-state index contributed by atoms with van der Waals surface area (Å²) < 4.78 is 52.1. The number of nitrogens with one attached hydrogen (secondary N) is 1. The zero-order valence-electron chi connectivity index (χ0n) is 18.8. The van der Waals surface area contributed by atoms with Gasteiger partial charge in [-0.3, -0.25) is 9.59 Å². The number of alkyl halides is 1. The zero-order valence-corrected chi connectivity index (χ0v) is 18.8. The monoisotopic (exact) mass is 483 g/mol. The topological polar surface area (TPSA) is 82.5 Å². The molecule has 0 radical (unpaired) electrons. The molecule has 0 aliphatic rings. The molecule has 35 heavy (non-hydrogen) atoms. The second kappa shape index (κ2) is 9.88. The average Bonchev–Trinajstić information content (AvgIpc) is 3.11. The fourth-order valence-electron chi connectivity index (χ4n) is 3.82. The number of rotatable bonds is 8. The number of pyridine rings is 1.